The molecule has 6 N–H and O–H groups in total. The highest BCUT2D eigenvalue weighted by atomic mass is 15.6. The fourth-order valence-corrected chi connectivity index (χ4v) is 9.66. The van der Waals surface area contributed by atoms with E-state index in [1.54, 1.807) is 4.90 Å². The summed E-state index contributed by atoms with van der Waals surface area (Å²) in [7, 11) is 0. The van der Waals surface area contributed by atoms with Crippen LogP contribution in [0.15, 0.2) is 212 Å². The van der Waals surface area contributed by atoms with Crippen molar-refractivity contribution in [2.24, 2.45) is 30.0 Å². The van der Waals surface area contributed by atoms with Gasteiger partial charge in [0, 0.05) is 65.4 Å². The number of aromatic amines is 6. The molecule has 6 aromatic carbocycles. The molecule has 0 bridgehead atoms. The molecule has 0 radical (unpaired) electrons. The lowest BCUT2D eigenvalue weighted by molar-refractivity contribution is 0.820. The minimum absolute atomic E-state index is 0.267. The Balaban J connectivity index is 0.986. The van der Waals surface area contributed by atoms with E-state index in [1.165, 1.54) is 0 Å². The molecule has 15 rings (SSSR count). The number of nitrogens with zero attached hydrogens (tertiary/aromatic N) is 10. The molecule has 0 saturated carbocycles. The Morgan fingerprint density at radius 2 is 0.457 bits per heavy atom. The summed E-state index contributed by atoms with van der Waals surface area (Å²) in [6, 6.07) is 61.6. The van der Waals surface area contributed by atoms with Gasteiger partial charge in [-0.2, -0.15) is 30.0 Å². The molecule has 0 aliphatic carbocycles. The first-order valence-corrected chi connectivity index (χ1v) is 22.8. The third kappa shape index (κ3) is 6.03. The number of H-pyrrole nitrogens is 6. The fourth-order valence-electron chi connectivity index (χ4n) is 9.66. The van der Waals surface area contributed by atoms with Crippen LogP contribution in [0, 0.1) is 0 Å². The molecule has 332 valence electrons. The molecule has 0 unspecified atom stereocenters. The summed E-state index contributed by atoms with van der Waals surface area (Å²) < 4.78 is 0. The Labute approximate surface area is 396 Å². The number of hydrogen-bond acceptors (Lipinski definition) is 10. The average Bonchev–Trinajstić information content (AvgIpc) is 4.25. The maximum atomic E-state index is 5.32. The van der Waals surface area contributed by atoms with E-state index in [2.05, 4.69) is 139 Å². The summed E-state index contributed by atoms with van der Waals surface area (Å²) >= 11 is 0. The van der Waals surface area contributed by atoms with Crippen LogP contribution in [0.3, 0.4) is 0 Å². The van der Waals surface area contributed by atoms with Gasteiger partial charge in [-0.05, 0) is 72.8 Å². The van der Waals surface area contributed by atoms with Gasteiger partial charge in [-0.15, -0.1) is 0 Å². The van der Waals surface area contributed by atoms with E-state index in [4.69, 9.17) is 30.0 Å². The second-order valence-electron chi connectivity index (χ2n) is 17.3. The normalized spacial score (nSPS) is 14.5. The molecule has 6 aromatic heterocycles. The van der Waals surface area contributed by atoms with Crippen molar-refractivity contribution in [3.05, 3.63) is 182 Å². The zero-order valence-corrected chi connectivity index (χ0v) is 36.8. The second kappa shape index (κ2) is 14.6. The molecule has 70 heavy (non-hydrogen) atoms. The van der Waals surface area contributed by atoms with Gasteiger partial charge in [0.1, 0.15) is 34.9 Å². The number of rotatable bonds is 6. The van der Waals surface area contributed by atoms with Crippen LogP contribution in [-0.4, -0.2) is 70.6 Å². The SMILES string of the molecule is c1ccc2[nH]c(N(C3=NC4=NC(N(c5cc6ccccc6[nH]5)c5cc6ccccc6[nH]5)=NC5=NC(N(c6cc7ccccc7[nH]6)c6cc7ccccc7[nH]6)=NC(=N3)N45)c3cc4ccccc4[nH]3)cc2c1. The molecule has 0 spiro atoms. The zero-order chi connectivity index (χ0) is 45.9. The Bertz CT molecular complexity index is 3450. The van der Waals surface area contributed by atoms with E-state index >= 15 is 0 Å². The van der Waals surface area contributed by atoms with Gasteiger partial charge in [-0.3, -0.25) is 0 Å². The van der Waals surface area contributed by atoms with Crippen LogP contribution < -0.4 is 14.7 Å². The van der Waals surface area contributed by atoms with Crippen molar-refractivity contribution in [3.8, 4) is 0 Å². The van der Waals surface area contributed by atoms with Gasteiger partial charge in [0.2, 0.25) is 35.8 Å². The largest absolute Gasteiger partial charge is 0.341 e. The molecule has 0 atom stereocenters. The van der Waals surface area contributed by atoms with Crippen molar-refractivity contribution in [1.82, 2.24) is 34.8 Å². The number of aromatic nitrogens is 6. The summed E-state index contributed by atoms with van der Waals surface area (Å²) in [6.07, 6.45) is 0. The van der Waals surface area contributed by atoms with Crippen molar-refractivity contribution in [2.75, 3.05) is 14.7 Å². The maximum absolute atomic E-state index is 5.32. The predicted molar refractivity (Wildman–Crippen MR) is 283 cm³/mol. The number of benzene rings is 6. The molecule has 12 aromatic rings. The van der Waals surface area contributed by atoms with E-state index in [9.17, 15) is 0 Å². The molecular formula is C54H36N16. The minimum Gasteiger partial charge on any atom is -0.341 e. The van der Waals surface area contributed by atoms with Crippen molar-refractivity contribution in [1.29, 1.82) is 0 Å². The quantitative estimate of drug-likeness (QED) is 0.0972. The summed E-state index contributed by atoms with van der Waals surface area (Å²) in [5.74, 6) is 6.13. The van der Waals surface area contributed by atoms with E-state index in [0.717, 1.165) is 100 Å². The lowest BCUT2D eigenvalue weighted by Crippen LogP contribution is -2.51. The fraction of sp³-hybridized carbons (Fsp3) is 0. The number of para-hydroxylation sites is 6. The molecule has 9 heterocycles. The van der Waals surface area contributed by atoms with E-state index in [0.29, 0.717) is 17.9 Å². The molecule has 3 aliphatic rings. The molecule has 3 aliphatic heterocycles. The van der Waals surface area contributed by atoms with Gasteiger partial charge in [-0.25, -0.2) is 19.6 Å². The topological polar surface area (TPSA) is 182 Å². The second-order valence-corrected chi connectivity index (χ2v) is 17.3. The Hall–Kier alpha value is -10.2. The van der Waals surface area contributed by atoms with Gasteiger partial charge < -0.3 is 29.9 Å². The van der Waals surface area contributed by atoms with Gasteiger partial charge in [0.05, 0.1) is 0 Å². The van der Waals surface area contributed by atoms with Crippen LogP contribution in [0.4, 0.5) is 34.9 Å². The number of anilines is 6. The molecule has 0 fully saturated rings. The summed E-state index contributed by atoms with van der Waals surface area (Å²) in [5.41, 5.74) is 5.75. The van der Waals surface area contributed by atoms with Crippen molar-refractivity contribution >= 4 is 136 Å². The monoisotopic (exact) mass is 908 g/mol. The highest BCUT2D eigenvalue weighted by Crippen LogP contribution is 2.37. The Kier molecular flexibility index (Phi) is 7.94. The molecule has 0 amide bonds. The summed E-state index contributed by atoms with van der Waals surface area (Å²) in [4.78, 5) is 61.4. The summed E-state index contributed by atoms with van der Waals surface area (Å²) in [5, 5.41) is 6.17. The molecular weight excluding hydrogens is 873 g/mol. The van der Waals surface area contributed by atoms with Crippen molar-refractivity contribution < 1.29 is 0 Å². The van der Waals surface area contributed by atoms with Gasteiger partial charge in [0.25, 0.3) is 0 Å². The first-order valence-electron chi connectivity index (χ1n) is 22.8. The number of aliphatic imine (C=N–C) groups is 6. The first kappa shape index (κ1) is 37.9. The predicted octanol–water partition coefficient (Wildman–Crippen LogP) is 11.9. The number of hydrogen-bond donors (Lipinski definition) is 6. The van der Waals surface area contributed by atoms with E-state index in [-0.39, 0.29) is 17.9 Å². The van der Waals surface area contributed by atoms with Crippen molar-refractivity contribution in [3.63, 3.8) is 0 Å². The third-order valence-electron chi connectivity index (χ3n) is 12.9. The van der Waals surface area contributed by atoms with Crippen LogP contribution in [0.2, 0.25) is 0 Å². The smallest absolute Gasteiger partial charge is 0.246 e. The third-order valence-corrected chi connectivity index (χ3v) is 12.9. The number of guanidine groups is 6. The minimum atomic E-state index is 0.267. The average molecular weight is 909 g/mol. The van der Waals surface area contributed by atoms with Crippen LogP contribution >= 0.6 is 0 Å². The van der Waals surface area contributed by atoms with Gasteiger partial charge in [-0.1, -0.05) is 109 Å². The first-order chi connectivity index (χ1) is 34.6. The van der Waals surface area contributed by atoms with E-state index in [1.807, 2.05) is 87.5 Å². The lowest BCUT2D eigenvalue weighted by Gasteiger charge is -2.34. The highest BCUT2D eigenvalue weighted by Gasteiger charge is 2.40. The number of fused-ring (bicyclic) bond motifs is 6. The molecule has 16 heteroatoms. The molecule has 0 saturated heterocycles. The van der Waals surface area contributed by atoms with Crippen molar-refractivity contribution in [2.45, 2.75) is 0 Å². The van der Waals surface area contributed by atoms with E-state index < -0.39 is 0 Å². The lowest BCUT2D eigenvalue weighted by atomic mass is 10.2. The highest BCUT2D eigenvalue weighted by molar-refractivity contribution is 6.34. The standard InChI is InChI=1S/C54H36N16/c1-7-19-37-31(13-1)25-43(55-37)67(44-26-32-14-2-8-20-38(32)56-44)49-61-52-63-50(68(45-27-33-15-3-9-21-39(33)57-45)46-28-34-16-4-10-22-40(34)58-46)65-54-66-51(64-53(62-49)70(52)54)69(47-29-35-17-5-11-23-41(35)59-47)48-30-36-18-6-12-24-42(36)60-48/h1-30,55-60H. The maximum Gasteiger partial charge on any atom is 0.246 e. The molecule has 16 nitrogen and oxygen atoms in total. The number of nitrogens with one attached hydrogen (secondary N) is 6. The van der Waals surface area contributed by atoms with Crippen LogP contribution in [0.1, 0.15) is 0 Å². The van der Waals surface area contributed by atoms with Crippen LogP contribution in [0.5, 0.6) is 0 Å². The summed E-state index contributed by atoms with van der Waals surface area (Å²) in [6.45, 7) is 0. The van der Waals surface area contributed by atoms with Crippen LogP contribution in [0.25, 0.3) is 65.4 Å². The van der Waals surface area contributed by atoms with Crippen LogP contribution in [-0.2, 0) is 0 Å². The Morgan fingerprint density at radius 3 is 0.657 bits per heavy atom. The zero-order valence-electron chi connectivity index (χ0n) is 36.8. The Morgan fingerprint density at radius 1 is 0.257 bits per heavy atom. The van der Waals surface area contributed by atoms with Gasteiger partial charge >= 0.3 is 0 Å². The van der Waals surface area contributed by atoms with Gasteiger partial charge in [0.15, 0.2) is 0 Å².